The van der Waals surface area contributed by atoms with Crippen molar-refractivity contribution in [2.45, 2.75) is 25.8 Å². The minimum atomic E-state index is -0.372. The summed E-state index contributed by atoms with van der Waals surface area (Å²) in [6.45, 7) is 2.02. The Kier molecular flexibility index (Phi) is 4.76. The summed E-state index contributed by atoms with van der Waals surface area (Å²) in [6.07, 6.45) is 3.01. The third-order valence-electron chi connectivity index (χ3n) is 3.33. The number of hydrogen-bond donors (Lipinski definition) is 2. The maximum atomic E-state index is 13.7. The molecule has 2 rings (SSSR count). The van der Waals surface area contributed by atoms with Gasteiger partial charge in [0, 0.05) is 12.0 Å². The molecule has 3 N–H and O–H groups in total. The molecule has 0 aliphatic heterocycles. The third kappa shape index (κ3) is 3.00. The van der Waals surface area contributed by atoms with E-state index in [0.29, 0.717) is 6.42 Å². The number of benzene rings is 1. The van der Waals surface area contributed by atoms with Crippen molar-refractivity contribution in [3.8, 4) is 5.75 Å². The van der Waals surface area contributed by atoms with Crippen LogP contribution in [0.3, 0.4) is 0 Å². The van der Waals surface area contributed by atoms with Crippen LogP contribution in [0.1, 0.15) is 29.9 Å². The van der Waals surface area contributed by atoms with Gasteiger partial charge in [-0.1, -0.05) is 13.0 Å². The average molecular weight is 278 g/mol. The second-order valence-electron chi connectivity index (χ2n) is 4.54. The number of halogens is 1. The van der Waals surface area contributed by atoms with E-state index in [0.717, 1.165) is 23.3 Å². The van der Waals surface area contributed by atoms with Crippen LogP contribution in [0.5, 0.6) is 5.75 Å². The smallest absolute Gasteiger partial charge is 0.165 e. The number of nitrogens with one attached hydrogen (secondary N) is 1. The van der Waals surface area contributed by atoms with Gasteiger partial charge in [0.2, 0.25) is 0 Å². The first-order valence-electron chi connectivity index (χ1n) is 6.54. The molecule has 1 atom stereocenters. The van der Waals surface area contributed by atoms with Gasteiger partial charge >= 0.3 is 0 Å². The zero-order valence-electron chi connectivity index (χ0n) is 11.7. The van der Waals surface area contributed by atoms with Crippen molar-refractivity contribution in [3.05, 3.63) is 53.2 Å². The Labute approximate surface area is 117 Å². The fourth-order valence-electron chi connectivity index (χ4n) is 2.28. The van der Waals surface area contributed by atoms with Crippen LogP contribution in [-0.2, 0) is 12.8 Å². The molecule has 1 aromatic carbocycles. The average Bonchev–Trinajstić information content (AvgIpc) is 2.93. The molecule has 0 amide bonds. The number of hydrazine groups is 1. The van der Waals surface area contributed by atoms with Crippen LogP contribution in [0.15, 0.2) is 34.9 Å². The standard InChI is InChI=1S/C15H19FN2O2/c1-3-14-11(6-7-20-14)13(18-17)9-10-4-5-15(19-2)12(16)8-10/h4-8,13,18H,3,9,17H2,1-2H3. The van der Waals surface area contributed by atoms with Crippen LogP contribution < -0.4 is 16.0 Å². The molecule has 0 fully saturated rings. The molecule has 0 aliphatic carbocycles. The number of hydrogen-bond acceptors (Lipinski definition) is 4. The van der Waals surface area contributed by atoms with E-state index in [1.807, 2.05) is 19.1 Å². The molecule has 1 heterocycles. The Balaban J connectivity index is 2.20. The molecule has 1 aromatic heterocycles. The SMILES string of the molecule is CCc1occc1C(Cc1ccc(OC)c(F)c1)NN. The van der Waals surface area contributed by atoms with Crippen LogP contribution in [-0.4, -0.2) is 7.11 Å². The van der Waals surface area contributed by atoms with Crippen molar-refractivity contribution in [1.82, 2.24) is 5.43 Å². The quantitative estimate of drug-likeness (QED) is 0.630. The maximum Gasteiger partial charge on any atom is 0.165 e. The van der Waals surface area contributed by atoms with Gasteiger partial charge in [-0.25, -0.2) is 4.39 Å². The van der Waals surface area contributed by atoms with E-state index in [9.17, 15) is 4.39 Å². The van der Waals surface area contributed by atoms with Gasteiger partial charge in [0.15, 0.2) is 11.6 Å². The van der Waals surface area contributed by atoms with Crippen LogP contribution in [0, 0.1) is 5.82 Å². The summed E-state index contributed by atoms with van der Waals surface area (Å²) in [5.74, 6) is 6.38. The Morgan fingerprint density at radius 1 is 1.40 bits per heavy atom. The molecule has 2 aromatic rings. The minimum Gasteiger partial charge on any atom is -0.494 e. The number of aryl methyl sites for hydroxylation is 1. The molecule has 0 aliphatic rings. The number of methoxy groups -OCH3 is 1. The first-order chi connectivity index (χ1) is 9.69. The van der Waals surface area contributed by atoms with Gasteiger partial charge in [-0.2, -0.15) is 0 Å². The zero-order chi connectivity index (χ0) is 14.5. The Hall–Kier alpha value is -1.85. The Morgan fingerprint density at radius 3 is 2.80 bits per heavy atom. The summed E-state index contributed by atoms with van der Waals surface area (Å²) in [4.78, 5) is 0. The van der Waals surface area contributed by atoms with Gasteiger partial charge < -0.3 is 9.15 Å². The molecule has 5 heteroatoms. The lowest BCUT2D eigenvalue weighted by Crippen LogP contribution is -2.30. The highest BCUT2D eigenvalue weighted by atomic mass is 19.1. The number of ether oxygens (including phenoxy) is 1. The monoisotopic (exact) mass is 278 g/mol. The van der Waals surface area contributed by atoms with Crippen molar-refractivity contribution < 1.29 is 13.5 Å². The molecular weight excluding hydrogens is 259 g/mol. The molecule has 20 heavy (non-hydrogen) atoms. The number of rotatable bonds is 6. The number of furan rings is 1. The van der Waals surface area contributed by atoms with Gasteiger partial charge in [0.25, 0.3) is 0 Å². The van der Waals surface area contributed by atoms with E-state index in [4.69, 9.17) is 15.0 Å². The predicted octanol–water partition coefficient (Wildman–Crippen LogP) is 2.74. The molecule has 0 spiro atoms. The largest absolute Gasteiger partial charge is 0.494 e. The van der Waals surface area contributed by atoms with Crippen molar-refractivity contribution in [2.24, 2.45) is 5.84 Å². The molecular formula is C15H19FN2O2. The highest BCUT2D eigenvalue weighted by molar-refractivity contribution is 5.31. The van der Waals surface area contributed by atoms with Gasteiger partial charge in [0.1, 0.15) is 5.76 Å². The number of nitrogens with two attached hydrogens (primary N) is 1. The summed E-state index contributed by atoms with van der Waals surface area (Å²) in [6, 6.07) is 6.70. The molecule has 0 bridgehead atoms. The van der Waals surface area contributed by atoms with Gasteiger partial charge in [-0.3, -0.25) is 11.3 Å². The second kappa shape index (κ2) is 6.54. The van der Waals surface area contributed by atoms with Gasteiger partial charge in [-0.15, -0.1) is 0 Å². The minimum absolute atomic E-state index is 0.114. The Bertz CT molecular complexity index is 569. The van der Waals surface area contributed by atoms with Crippen molar-refractivity contribution in [2.75, 3.05) is 7.11 Å². The molecule has 4 nitrogen and oxygen atoms in total. The third-order valence-corrected chi connectivity index (χ3v) is 3.33. The van der Waals surface area contributed by atoms with Crippen LogP contribution in [0.4, 0.5) is 4.39 Å². The summed E-state index contributed by atoms with van der Waals surface area (Å²) in [7, 11) is 1.45. The van der Waals surface area contributed by atoms with Gasteiger partial charge in [-0.05, 0) is 30.2 Å². The molecule has 0 saturated carbocycles. The van der Waals surface area contributed by atoms with Crippen molar-refractivity contribution in [3.63, 3.8) is 0 Å². The van der Waals surface area contributed by atoms with Crippen LogP contribution >= 0.6 is 0 Å². The van der Waals surface area contributed by atoms with Crippen molar-refractivity contribution >= 4 is 0 Å². The predicted molar refractivity (Wildman–Crippen MR) is 74.8 cm³/mol. The van der Waals surface area contributed by atoms with E-state index < -0.39 is 0 Å². The van der Waals surface area contributed by atoms with E-state index >= 15 is 0 Å². The lowest BCUT2D eigenvalue weighted by molar-refractivity contribution is 0.386. The fraction of sp³-hybridized carbons (Fsp3) is 0.333. The van der Waals surface area contributed by atoms with E-state index in [2.05, 4.69) is 5.43 Å². The zero-order valence-corrected chi connectivity index (χ0v) is 11.7. The lowest BCUT2D eigenvalue weighted by Gasteiger charge is -2.16. The van der Waals surface area contributed by atoms with E-state index in [1.54, 1.807) is 12.3 Å². The first kappa shape index (κ1) is 14.6. The molecule has 0 radical (unpaired) electrons. The normalized spacial score (nSPS) is 12.4. The molecule has 0 saturated heterocycles. The van der Waals surface area contributed by atoms with E-state index in [1.165, 1.54) is 13.2 Å². The highest BCUT2D eigenvalue weighted by Gasteiger charge is 2.17. The van der Waals surface area contributed by atoms with Crippen molar-refractivity contribution in [1.29, 1.82) is 0 Å². The van der Waals surface area contributed by atoms with Crippen LogP contribution in [0.25, 0.3) is 0 Å². The molecule has 1 unspecified atom stereocenters. The summed E-state index contributed by atoms with van der Waals surface area (Å²) >= 11 is 0. The van der Waals surface area contributed by atoms with E-state index in [-0.39, 0.29) is 17.6 Å². The second-order valence-corrected chi connectivity index (χ2v) is 4.54. The lowest BCUT2D eigenvalue weighted by atomic mass is 9.99. The summed E-state index contributed by atoms with van der Waals surface area (Å²) in [5, 5.41) is 0. The first-order valence-corrected chi connectivity index (χ1v) is 6.54. The Morgan fingerprint density at radius 2 is 2.20 bits per heavy atom. The topological polar surface area (TPSA) is 60.4 Å². The fourth-order valence-corrected chi connectivity index (χ4v) is 2.28. The summed E-state index contributed by atoms with van der Waals surface area (Å²) in [5.41, 5.74) is 4.61. The van der Waals surface area contributed by atoms with Crippen LogP contribution in [0.2, 0.25) is 0 Å². The molecule has 108 valence electrons. The highest BCUT2D eigenvalue weighted by Crippen LogP contribution is 2.25. The maximum absolute atomic E-state index is 13.7. The van der Waals surface area contributed by atoms with Gasteiger partial charge in [0.05, 0.1) is 19.4 Å². The summed E-state index contributed by atoms with van der Waals surface area (Å²) < 4.78 is 24.0.